The molecule has 1 N–H and O–H groups in total. The molecule has 2 aromatic rings. The van der Waals surface area contributed by atoms with Crippen molar-refractivity contribution in [1.82, 2.24) is 4.90 Å². The lowest BCUT2D eigenvalue weighted by atomic mass is 9.85. The number of ether oxygens (including phenoxy) is 3. The molecule has 0 unspecified atom stereocenters. The minimum absolute atomic E-state index is 0.0952. The SMILES string of the molecule is COc1ccc(NC(=O)COC(=O)[C@H](Cc2ccccc2)N2C(=O)[C@H]3CC=CC[C@@H]3C2=O)c(OC)c1. The van der Waals surface area contributed by atoms with Crippen LogP contribution in [0.5, 0.6) is 11.5 Å². The van der Waals surface area contributed by atoms with Crippen LogP contribution in [0.15, 0.2) is 60.7 Å². The van der Waals surface area contributed by atoms with E-state index in [4.69, 9.17) is 14.2 Å². The number of hydrogen-bond donors (Lipinski definition) is 1. The first-order valence-corrected chi connectivity index (χ1v) is 11.7. The summed E-state index contributed by atoms with van der Waals surface area (Å²) in [4.78, 5) is 53.1. The van der Waals surface area contributed by atoms with Gasteiger partial charge in [0.1, 0.15) is 17.5 Å². The number of likely N-dealkylation sites (tertiary alicyclic amines) is 1. The van der Waals surface area contributed by atoms with E-state index in [0.29, 0.717) is 30.0 Å². The van der Waals surface area contributed by atoms with Gasteiger partial charge < -0.3 is 19.5 Å². The Morgan fingerprint density at radius 1 is 0.972 bits per heavy atom. The molecular formula is C27H28N2O7. The molecule has 9 nitrogen and oxygen atoms in total. The van der Waals surface area contributed by atoms with Gasteiger partial charge in [-0.3, -0.25) is 19.3 Å². The zero-order chi connectivity index (χ0) is 25.7. The van der Waals surface area contributed by atoms with Gasteiger partial charge in [-0.1, -0.05) is 42.5 Å². The van der Waals surface area contributed by atoms with Crippen molar-refractivity contribution in [3.63, 3.8) is 0 Å². The van der Waals surface area contributed by atoms with Gasteiger partial charge in [0.15, 0.2) is 6.61 Å². The van der Waals surface area contributed by atoms with Crippen molar-refractivity contribution >= 4 is 29.4 Å². The first kappa shape index (κ1) is 25.0. The monoisotopic (exact) mass is 492 g/mol. The third-order valence-electron chi connectivity index (χ3n) is 6.43. The second-order valence-corrected chi connectivity index (χ2v) is 8.63. The molecule has 188 valence electrons. The maximum Gasteiger partial charge on any atom is 0.330 e. The van der Waals surface area contributed by atoms with Crippen molar-refractivity contribution in [2.24, 2.45) is 11.8 Å². The lowest BCUT2D eigenvalue weighted by molar-refractivity contribution is -0.160. The number of carbonyl (C=O) groups excluding carboxylic acids is 4. The van der Waals surface area contributed by atoms with Crippen LogP contribution in [0.4, 0.5) is 5.69 Å². The number of rotatable bonds is 9. The molecule has 3 atom stereocenters. The standard InChI is InChI=1S/C27H28N2O7/c1-34-18-12-13-21(23(15-18)35-2)28-24(30)16-36-27(33)22(14-17-8-4-3-5-9-17)29-25(31)19-10-6-7-11-20(19)26(29)32/h3-9,12-13,15,19-20,22H,10-11,14,16H2,1-2H3,(H,28,30)/t19-,20-,22-/m0/s1. The molecule has 3 amide bonds. The van der Waals surface area contributed by atoms with Gasteiger partial charge in [0.2, 0.25) is 11.8 Å². The second-order valence-electron chi connectivity index (χ2n) is 8.63. The van der Waals surface area contributed by atoms with Crippen molar-refractivity contribution < 1.29 is 33.4 Å². The van der Waals surface area contributed by atoms with Crippen LogP contribution in [0.25, 0.3) is 0 Å². The molecule has 1 aliphatic carbocycles. The second kappa shape index (κ2) is 11.1. The molecule has 2 aromatic carbocycles. The molecule has 4 rings (SSSR count). The normalized spacial score (nSPS) is 19.4. The molecule has 0 saturated carbocycles. The van der Waals surface area contributed by atoms with E-state index in [0.717, 1.165) is 10.5 Å². The van der Waals surface area contributed by atoms with E-state index in [9.17, 15) is 19.2 Å². The number of fused-ring (bicyclic) bond motifs is 1. The van der Waals surface area contributed by atoms with Crippen LogP contribution >= 0.6 is 0 Å². The summed E-state index contributed by atoms with van der Waals surface area (Å²) >= 11 is 0. The van der Waals surface area contributed by atoms with Crippen LogP contribution in [0.1, 0.15) is 18.4 Å². The molecule has 1 aliphatic heterocycles. The van der Waals surface area contributed by atoms with Gasteiger partial charge in [-0.2, -0.15) is 0 Å². The van der Waals surface area contributed by atoms with Crippen molar-refractivity contribution in [3.05, 3.63) is 66.2 Å². The van der Waals surface area contributed by atoms with Crippen LogP contribution in [-0.4, -0.2) is 55.5 Å². The third-order valence-corrected chi connectivity index (χ3v) is 6.43. The number of amides is 3. The highest BCUT2D eigenvalue weighted by Crippen LogP contribution is 2.37. The summed E-state index contributed by atoms with van der Waals surface area (Å²) in [6.45, 7) is -0.593. The summed E-state index contributed by atoms with van der Waals surface area (Å²) in [7, 11) is 2.97. The Balaban J connectivity index is 1.48. The fraction of sp³-hybridized carbons (Fsp3) is 0.333. The van der Waals surface area contributed by atoms with Crippen LogP contribution in [-0.2, 0) is 30.3 Å². The molecule has 0 spiro atoms. The summed E-state index contributed by atoms with van der Waals surface area (Å²) in [5, 5.41) is 2.63. The molecule has 36 heavy (non-hydrogen) atoms. The number of allylic oxidation sites excluding steroid dienone is 2. The van der Waals surface area contributed by atoms with Gasteiger partial charge in [-0.05, 0) is 30.5 Å². The van der Waals surface area contributed by atoms with Gasteiger partial charge in [0.25, 0.3) is 5.91 Å². The number of methoxy groups -OCH3 is 2. The van der Waals surface area contributed by atoms with E-state index >= 15 is 0 Å². The van der Waals surface area contributed by atoms with Crippen molar-refractivity contribution in [2.75, 3.05) is 26.1 Å². The predicted molar refractivity (Wildman–Crippen MR) is 130 cm³/mol. The maximum atomic E-state index is 13.2. The van der Waals surface area contributed by atoms with Crippen molar-refractivity contribution in [1.29, 1.82) is 0 Å². The van der Waals surface area contributed by atoms with E-state index in [1.54, 1.807) is 18.2 Å². The molecule has 0 bridgehead atoms. The molecule has 1 saturated heterocycles. The Labute approximate surface area is 209 Å². The van der Waals surface area contributed by atoms with Crippen molar-refractivity contribution in [3.8, 4) is 11.5 Å². The lowest BCUT2D eigenvalue weighted by Crippen LogP contribution is -2.48. The smallest absolute Gasteiger partial charge is 0.330 e. The number of benzene rings is 2. The Kier molecular flexibility index (Phi) is 7.68. The Hall–Kier alpha value is -4.14. The summed E-state index contributed by atoms with van der Waals surface area (Å²) < 4.78 is 15.7. The van der Waals surface area contributed by atoms with Crippen LogP contribution in [0, 0.1) is 11.8 Å². The van der Waals surface area contributed by atoms with Gasteiger partial charge in [-0.25, -0.2) is 4.79 Å². The number of hydrogen-bond acceptors (Lipinski definition) is 7. The summed E-state index contributed by atoms with van der Waals surface area (Å²) in [6.07, 6.45) is 4.80. The van der Waals surface area contributed by atoms with Crippen molar-refractivity contribution in [2.45, 2.75) is 25.3 Å². The Bertz CT molecular complexity index is 1150. The lowest BCUT2D eigenvalue weighted by Gasteiger charge is -2.25. The zero-order valence-corrected chi connectivity index (χ0v) is 20.1. The summed E-state index contributed by atoms with van der Waals surface area (Å²) in [5.41, 5.74) is 1.14. The van der Waals surface area contributed by atoms with E-state index in [2.05, 4.69) is 5.32 Å². The predicted octanol–water partition coefficient (Wildman–Crippen LogP) is 2.75. The molecule has 9 heteroatoms. The highest BCUT2D eigenvalue weighted by molar-refractivity contribution is 6.08. The molecule has 0 radical (unpaired) electrons. The number of nitrogens with one attached hydrogen (secondary N) is 1. The fourth-order valence-electron chi connectivity index (χ4n) is 4.57. The van der Waals surface area contributed by atoms with Gasteiger partial charge >= 0.3 is 5.97 Å². The summed E-state index contributed by atoms with van der Waals surface area (Å²) in [6, 6.07) is 12.8. The number of nitrogens with zero attached hydrogens (tertiary/aromatic N) is 1. The first-order valence-electron chi connectivity index (χ1n) is 11.7. The fourth-order valence-corrected chi connectivity index (χ4v) is 4.57. The maximum absolute atomic E-state index is 13.2. The van der Waals surface area contributed by atoms with Crippen LogP contribution in [0.3, 0.4) is 0 Å². The Morgan fingerprint density at radius 3 is 2.25 bits per heavy atom. The topological polar surface area (TPSA) is 111 Å². The van der Waals surface area contributed by atoms with Gasteiger partial charge in [0.05, 0.1) is 31.7 Å². The third kappa shape index (κ3) is 5.25. The number of anilines is 1. The number of esters is 1. The number of carbonyl (C=O) groups is 4. The molecule has 2 aliphatic rings. The zero-order valence-electron chi connectivity index (χ0n) is 20.1. The highest BCUT2D eigenvalue weighted by atomic mass is 16.5. The van der Waals surface area contributed by atoms with E-state index in [1.165, 1.54) is 14.2 Å². The molecule has 1 heterocycles. The molecule has 0 aromatic heterocycles. The minimum atomic E-state index is -1.17. The quantitative estimate of drug-likeness (QED) is 0.326. The van der Waals surface area contributed by atoms with E-state index in [1.807, 2.05) is 42.5 Å². The average molecular weight is 493 g/mol. The first-order chi connectivity index (χ1) is 17.4. The van der Waals surface area contributed by atoms with E-state index in [-0.39, 0.29) is 18.2 Å². The Morgan fingerprint density at radius 2 is 1.64 bits per heavy atom. The van der Waals surface area contributed by atoms with Crippen LogP contribution < -0.4 is 14.8 Å². The molecular weight excluding hydrogens is 464 g/mol. The van der Waals surface area contributed by atoms with E-state index < -0.39 is 36.4 Å². The largest absolute Gasteiger partial charge is 0.497 e. The summed E-state index contributed by atoms with van der Waals surface area (Å²) in [5.74, 6) is -2.18. The molecule has 1 fully saturated rings. The van der Waals surface area contributed by atoms with Gasteiger partial charge in [0, 0.05) is 12.5 Å². The van der Waals surface area contributed by atoms with Crippen LogP contribution in [0.2, 0.25) is 0 Å². The minimum Gasteiger partial charge on any atom is -0.497 e. The average Bonchev–Trinajstić information content (AvgIpc) is 3.16. The highest BCUT2D eigenvalue weighted by Gasteiger charge is 2.51. The number of imide groups is 1. The van der Waals surface area contributed by atoms with Gasteiger partial charge in [-0.15, -0.1) is 0 Å².